The molecule has 0 spiro atoms. The number of hydrogen-bond donors (Lipinski definition) is 1. The summed E-state index contributed by atoms with van der Waals surface area (Å²) in [7, 11) is 1.97. The second-order valence-corrected chi connectivity index (χ2v) is 7.00. The average Bonchev–Trinajstić information content (AvgIpc) is 2.97. The molecule has 3 rings (SSSR count). The predicted molar refractivity (Wildman–Crippen MR) is 104 cm³/mol. The van der Waals surface area contributed by atoms with Gasteiger partial charge in [-0.2, -0.15) is 0 Å². The Hall–Kier alpha value is -2.53. The molecule has 0 fully saturated rings. The number of hydrogen-bond acceptors (Lipinski definition) is 3. The van der Waals surface area contributed by atoms with Crippen LogP contribution in [0.25, 0.3) is 11.3 Å². The number of benzene rings is 2. The van der Waals surface area contributed by atoms with Crippen molar-refractivity contribution in [3.05, 3.63) is 65.9 Å². The van der Waals surface area contributed by atoms with Crippen LogP contribution in [0, 0.1) is 13.8 Å². The summed E-state index contributed by atoms with van der Waals surface area (Å²) in [6.07, 6.45) is 1.85. The minimum absolute atomic E-state index is 0.0336. The van der Waals surface area contributed by atoms with Crippen molar-refractivity contribution >= 4 is 23.4 Å². The molecular weight excluding hydrogens is 330 g/mol. The standard InChI is InChI=1S/C20H21N3OS/c1-14-4-8-16(9-5-14)18-12-21-20(23(18)3)25-13-19(24)22-17-10-6-15(2)7-11-17/h4-12H,13H2,1-3H3,(H,22,24). The number of anilines is 1. The van der Waals surface area contributed by atoms with Crippen molar-refractivity contribution in [3.8, 4) is 11.3 Å². The number of carbonyl (C=O) groups excluding carboxylic acids is 1. The van der Waals surface area contributed by atoms with Gasteiger partial charge in [-0.15, -0.1) is 0 Å². The van der Waals surface area contributed by atoms with E-state index in [1.165, 1.54) is 22.9 Å². The van der Waals surface area contributed by atoms with Crippen LogP contribution in [0.5, 0.6) is 0 Å². The molecule has 0 saturated carbocycles. The van der Waals surface area contributed by atoms with E-state index >= 15 is 0 Å². The average molecular weight is 351 g/mol. The van der Waals surface area contributed by atoms with E-state index in [1.54, 1.807) is 0 Å². The molecule has 0 aliphatic rings. The van der Waals surface area contributed by atoms with E-state index in [2.05, 4.69) is 41.5 Å². The van der Waals surface area contributed by atoms with Crippen LogP contribution in [0.15, 0.2) is 59.9 Å². The Balaban J connectivity index is 1.62. The van der Waals surface area contributed by atoms with E-state index in [4.69, 9.17) is 0 Å². The molecule has 3 aromatic rings. The minimum atomic E-state index is -0.0336. The molecule has 0 aliphatic heterocycles. The van der Waals surface area contributed by atoms with Crippen LogP contribution in [-0.4, -0.2) is 21.2 Å². The van der Waals surface area contributed by atoms with Crippen LogP contribution in [0.4, 0.5) is 5.69 Å². The monoisotopic (exact) mass is 351 g/mol. The lowest BCUT2D eigenvalue weighted by Crippen LogP contribution is -2.14. The third-order valence-electron chi connectivity index (χ3n) is 3.96. The van der Waals surface area contributed by atoms with E-state index < -0.39 is 0 Å². The van der Waals surface area contributed by atoms with Gasteiger partial charge >= 0.3 is 0 Å². The number of nitrogens with zero attached hydrogens (tertiary/aromatic N) is 2. The number of imidazole rings is 1. The van der Waals surface area contributed by atoms with Crippen LogP contribution in [0.1, 0.15) is 11.1 Å². The van der Waals surface area contributed by atoms with Gasteiger partial charge in [0.1, 0.15) is 0 Å². The van der Waals surface area contributed by atoms with Crippen molar-refractivity contribution in [2.45, 2.75) is 19.0 Å². The quantitative estimate of drug-likeness (QED) is 0.692. The molecular formula is C20H21N3OS. The number of amides is 1. The molecule has 4 nitrogen and oxygen atoms in total. The Morgan fingerprint density at radius 3 is 2.28 bits per heavy atom. The normalized spacial score (nSPS) is 10.7. The van der Waals surface area contributed by atoms with Crippen molar-refractivity contribution in [2.24, 2.45) is 7.05 Å². The summed E-state index contributed by atoms with van der Waals surface area (Å²) in [6, 6.07) is 16.1. The first-order valence-corrected chi connectivity index (χ1v) is 9.09. The van der Waals surface area contributed by atoms with Crippen molar-refractivity contribution in [1.82, 2.24) is 9.55 Å². The maximum atomic E-state index is 12.1. The van der Waals surface area contributed by atoms with Gasteiger partial charge in [-0.05, 0) is 31.5 Å². The lowest BCUT2D eigenvalue weighted by atomic mass is 10.1. The van der Waals surface area contributed by atoms with Gasteiger partial charge in [0.2, 0.25) is 5.91 Å². The van der Waals surface area contributed by atoms with Crippen molar-refractivity contribution in [2.75, 3.05) is 11.1 Å². The summed E-state index contributed by atoms with van der Waals surface area (Å²) >= 11 is 1.44. The highest BCUT2D eigenvalue weighted by molar-refractivity contribution is 7.99. The summed E-state index contributed by atoms with van der Waals surface area (Å²) in [6.45, 7) is 4.09. The van der Waals surface area contributed by atoms with Crippen LogP contribution in [0.3, 0.4) is 0 Å². The molecule has 1 aromatic heterocycles. The van der Waals surface area contributed by atoms with Crippen LogP contribution >= 0.6 is 11.8 Å². The van der Waals surface area contributed by atoms with E-state index in [-0.39, 0.29) is 5.91 Å². The fourth-order valence-corrected chi connectivity index (χ4v) is 3.23. The van der Waals surface area contributed by atoms with Crippen LogP contribution < -0.4 is 5.32 Å². The lowest BCUT2D eigenvalue weighted by Gasteiger charge is -2.07. The molecule has 0 radical (unpaired) electrons. The van der Waals surface area contributed by atoms with Gasteiger partial charge in [-0.1, -0.05) is 59.3 Å². The van der Waals surface area contributed by atoms with E-state index in [1.807, 2.05) is 49.0 Å². The molecule has 1 heterocycles. The minimum Gasteiger partial charge on any atom is -0.325 e. The number of thioether (sulfide) groups is 1. The van der Waals surface area contributed by atoms with Crippen molar-refractivity contribution in [1.29, 1.82) is 0 Å². The van der Waals surface area contributed by atoms with Gasteiger partial charge in [-0.3, -0.25) is 4.79 Å². The molecule has 25 heavy (non-hydrogen) atoms. The van der Waals surface area contributed by atoms with Crippen molar-refractivity contribution < 1.29 is 4.79 Å². The highest BCUT2D eigenvalue weighted by Crippen LogP contribution is 2.25. The lowest BCUT2D eigenvalue weighted by molar-refractivity contribution is -0.113. The summed E-state index contributed by atoms with van der Waals surface area (Å²) in [5.41, 5.74) is 5.38. The topological polar surface area (TPSA) is 46.9 Å². The third-order valence-corrected chi connectivity index (χ3v) is 5.00. The highest BCUT2D eigenvalue weighted by Gasteiger charge is 2.11. The van der Waals surface area contributed by atoms with Gasteiger partial charge in [0.25, 0.3) is 0 Å². The van der Waals surface area contributed by atoms with E-state index in [0.29, 0.717) is 5.75 Å². The Bertz CT molecular complexity index is 867. The maximum Gasteiger partial charge on any atom is 0.234 e. The zero-order valence-electron chi connectivity index (χ0n) is 14.6. The highest BCUT2D eigenvalue weighted by atomic mass is 32.2. The summed E-state index contributed by atoms with van der Waals surface area (Å²) in [4.78, 5) is 16.6. The Kier molecular flexibility index (Phi) is 5.24. The number of aryl methyl sites for hydroxylation is 2. The Labute approximate surface area is 152 Å². The SMILES string of the molecule is Cc1ccc(NC(=O)CSc2ncc(-c3ccc(C)cc3)n2C)cc1. The van der Waals surface area contributed by atoms with Crippen LogP contribution in [-0.2, 0) is 11.8 Å². The zero-order valence-corrected chi connectivity index (χ0v) is 15.4. The second-order valence-electron chi connectivity index (χ2n) is 6.05. The zero-order chi connectivity index (χ0) is 17.8. The smallest absolute Gasteiger partial charge is 0.234 e. The molecule has 0 bridgehead atoms. The number of nitrogens with one attached hydrogen (secondary N) is 1. The fourth-order valence-electron chi connectivity index (χ4n) is 2.48. The van der Waals surface area contributed by atoms with Gasteiger partial charge in [0, 0.05) is 12.7 Å². The largest absolute Gasteiger partial charge is 0.325 e. The Morgan fingerprint density at radius 1 is 1.04 bits per heavy atom. The van der Waals surface area contributed by atoms with Gasteiger partial charge in [-0.25, -0.2) is 4.98 Å². The predicted octanol–water partition coefficient (Wildman–Crippen LogP) is 4.43. The summed E-state index contributed by atoms with van der Waals surface area (Å²) in [5.74, 6) is 0.292. The number of rotatable bonds is 5. The first kappa shape index (κ1) is 17.3. The van der Waals surface area contributed by atoms with Gasteiger partial charge < -0.3 is 9.88 Å². The molecule has 2 aromatic carbocycles. The van der Waals surface area contributed by atoms with E-state index in [0.717, 1.165) is 22.1 Å². The summed E-state index contributed by atoms with van der Waals surface area (Å²) in [5, 5.41) is 3.74. The molecule has 1 N–H and O–H groups in total. The molecule has 5 heteroatoms. The second kappa shape index (κ2) is 7.57. The van der Waals surface area contributed by atoms with Gasteiger partial charge in [0.15, 0.2) is 5.16 Å². The maximum absolute atomic E-state index is 12.1. The molecule has 0 atom stereocenters. The molecule has 1 amide bonds. The third kappa shape index (κ3) is 4.31. The molecule has 0 saturated heterocycles. The first-order valence-electron chi connectivity index (χ1n) is 8.11. The van der Waals surface area contributed by atoms with Gasteiger partial charge in [0.05, 0.1) is 17.6 Å². The number of aromatic nitrogens is 2. The molecule has 0 unspecified atom stereocenters. The van der Waals surface area contributed by atoms with Crippen LogP contribution in [0.2, 0.25) is 0 Å². The number of carbonyl (C=O) groups is 1. The molecule has 128 valence electrons. The Morgan fingerprint density at radius 2 is 1.64 bits per heavy atom. The van der Waals surface area contributed by atoms with Crippen molar-refractivity contribution in [3.63, 3.8) is 0 Å². The first-order chi connectivity index (χ1) is 12.0. The molecule has 0 aliphatic carbocycles. The summed E-state index contributed by atoms with van der Waals surface area (Å²) < 4.78 is 2.02. The van der Waals surface area contributed by atoms with E-state index in [9.17, 15) is 4.79 Å². The fraction of sp³-hybridized carbons (Fsp3) is 0.200.